The van der Waals surface area contributed by atoms with Crippen molar-refractivity contribution < 1.29 is 4.79 Å². The Labute approximate surface area is 141 Å². The molecule has 0 aliphatic carbocycles. The Kier molecular flexibility index (Phi) is 5.31. The van der Waals surface area contributed by atoms with Crippen LogP contribution in [0.5, 0.6) is 0 Å². The maximum absolute atomic E-state index is 12.3. The fraction of sp³-hybridized carbons (Fsp3) is 0.389. The summed E-state index contributed by atoms with van der Waals surface area (Å²) in [6.07, 6.45) is 0. The van der Waals surface area contributed by atoms with E-state index in [-0.39, 0.29) is 11.9 Å². The van der Waals surface area contributed by atoms with Crippen LogP contribution in [0.3, 0.4) is 0 Å². The van der Waals surface area contributed by atoms with Crippen LogP contribution < -0.4 is 10.2 Å². The van der Waals surface area contributed by atoms with E-state index >= 15 is 0 Å². The van der Waals surface area contributed by atoms with Gasteiger partial charge in [0.15, 0.2) is 0 Å². The highest BCUT2D eigenvalue weighted by Gasteiger charge is 2.25. The first-order valence-corrected chi connectivity index (χ1v) is 8.96. The molecule has 3 rings (SSSR count). The molecule has 1 aliphatic rings. The van der Waals surface area contributed by atoms with E-state index in [1.807, 2.05) is 30.5 Å². The zero-order valence-corrected chi connectivity index (χ0v) is 14.3. The van der Waals surface area contributed by atoms with Crippen molar-refractivity contribution in [2.45, 2.75) is 19.5 Å². The number of carbonyl (C=O) groups is 1. The molecule has 1 aromatic heterocycles. The molecule has 1 saturated heterocycles. The monoisotopic (exact) mass is 329 g/mol. The number of carbonyl (C=O) groups excluding carboxylic acids is 1. The number of anilines is 1. The van der Waals surface area contributed by atoms with E-state index in [4.69, 9.17) is 0 Å². The van der Waals surface area contributed by atoms with Gasteiger partial charge in [-0.1, -0.05) is 24.3 Å². The third-order valence-electron chi connectivity index (χ3n) is 4.38. The van der Waals surface area contributed by atoms with Crippen LogP contribution in [0.2, 0.25) is 0 Å². The fourth-order valence-corrected chi connectivity index (χ4v) is 3.55. The van der Waals surface area contributed by atoms with Gasteiger partial charge in [-0.25, -0.2) is 0 Å². The molecule has 1 amide bonds. The molecule has 4 nitrogen and oxygen atoms in total. The topological polar surface area (TPSA) is 35.6 Å². The Bertz CT molecular complexity index is 606. The number of para-hydroxylation sites is 1. The van der Waals surface area contributed by atoms with E-state index in [1.165, 1.54) is 10.6 Å². The first kappa shape index (κ1) is 16.0. The van der Waals surface area contributed by atoms with Gasteiger partial charge in [-0.15, -0.1) is 11.3 Å². The van der Waals surface area contributed by atoms with Crippen molar-refractivity contribution in [3.05, 3.63) is 52.7 Å². The zero-order chi connectivity index (χ0) is 16.1. The van der Waals surface area contributed by atoms with Crippen LogP contribution in [-0.2, 0) is 11.3 Å². The Morgan fingerprint density at radius 3 is 2.52 bits per heavy atom. The molecule has 1 N–H and O–H groups in total. The molecule has 1 atom stereocenters. The number of thiophene rings is 1. The molecule has 1 fully saturated rings. The summed E-state index contributed by atoms with van der Waals surface area (Å²) >= 11 is 1.68. The molecule has 23 heavy (non-hydrogen) atoms. The van der Waals surface area contributed by atoms with E-state index in [1.54, 1.807) is 11.3 Å². The van der Waals surface area contributed by atoms with Gasteiger partial charge in [-0.3, -0.25) is 9.69 Å². The summed E-state index contributed by atoms with van der Waals surface area (Å²) in [5.74, 6) is 0.117. The molecule has 0 unspecified atom stereocenters. The van der Waals surface area contributed by atoms with Gasteiger partial charge in [0.2, 0.25) is 5.91 Å². The highest BCUT2D eigenvalue weighted by atomic mass is 32.1. The standard InChI is InChI=1S/C18H23N3OS/c1-15(18(22)19-14-17-8-5-13-23-17)20-9-11-21(12-10-20)16-6-3-2-4-7-16/h2-8,13,15H,9-12,14H2,1H3,(H,19,22)/t15-/m1/s1. The molecule has 1 aromatic carbocycles. The van der Waals surface area contributed by atoms with Gasteiger partial charge in [0.25, 0.3) is 0 Å². The van der Waals surface area contributed by atoms with Gasteiger partial charge >= 0.3 is 0 Å². The van der Waals surface area contributed by atoms with Crippen molar-refractivity contribution in [3.63, 3.8) is 0 Å². The first-order valence-electron chi connectivity index (χ1n) is 8.08. The molecule has 122 valence electrons. The van der Waals surface area contributed by atoms with Crippen LogP contribution in [0, 0.1) is 0 Å². The quantitative estimate of drug-likeness (QED) is 0.916. The average molecular weight is 329 g/mol. The number of piperazine rings is 1. The van der Waals surface area contributed by atoms with Crippen LogP contribution in [0.1, 0.15) is 11.8 Å². The maximum atomic E-state index is 12.3. The van der Waals surface area contributed by atoms with Crippen molar-refractivity contribution in [1.29, 1.82) is 0 Å². The van der Waals surface area contributed by atoms with E-state index in [0.717, 1.165) is 26.2 Å². The van der Waals surface area contributed by atoms with E-state index in [0.29, 0.717) is 6.54 Å². The molecule has 2 aromatic rings. The maximum Gasteiger partial charge on any atom is 0.237 e. The van der Waals surface area contributed by atoms with E-state index < -0.39 is 0 Å². The number of nitrogens with one attached hydrogen (secondary N) is 1. The summed E-state index contributed by atoms with van der Waals surface area (Å²) in [7, 11) is 0. The number of benzene rings is 1. The summed E-state index contributed by atoms with van der Waals surface area (Å²) in [6.45, 7) is 6.40. The van der Waals surface area contributed by atoms with E-state index in [2.05, 4.69) is 39.4 Å². The van der Waals surface area contributed by atoms with Gasteiger partial charge < -0.3 is 10.2 Å². The Hall–Kier alpha value is -1.85. The van der Waals surface area contributed by atoms with Gasteiger partial charge in [0.05, 0.1) is 12.6 Å². The Morgan fingerprint density at radius 2 is 1.87 bits per heavy atom. The van der Waals surface area contributed by atoms with Crippen LogP contribution in [-0.4, -0.2) is 43.0 Å². The molecule has 0 bridgehead atoms. The van der Waals surface area contributed by atoms with Gasteiger partial charge in [0.1, 0.15) is 0 Å². The molecule has 2 heterocycles. The lowest BCUT2D eigenvalue weighted by Crippen LogP contribution is -2.53. The predicted octanol–water partition coefficient (Wildman–Crippen LogP) is 2.58. The fourth-order valence-electron chi connectivity index (χ4n) is 2.91. The third-order valence-corrected chi connectivity index (χ3v) is 5.26. The van der Waals surface area contributed by atoms with Crippen LogP contribution in [0.4, 0.5) is 5.69 Å². The highest BCUT2D eigenvalue weighted by Crippen LogP contribution is 2.16. The highest BCUT2D eigenvalue weighted by molar-refractivity contribution is 7.09. The van der Waals surface area contributed by atoms with Crippen molar-refractivity contribution in [1.82, 2.24) is 10.2 Å². The number of hydrogen-bond donors (Lipinski definition) is 1. The number of amides is 1. The van der Waals surface area contributed by atoms with Gasteiger partial charge in [-0.2, -0.15) is 0 Å². The molecule has 5 heteroatoms. The largest absolute Gasteiger partial charge is 0.369 e. The zero-order valence-electron chi connectivity index (χ0n) is 13.4. The minimum absolute atomic E-state index is 0.0760. The second-order valence-corrected chi connectivity index (χ2v) is 6.86. The lowest BCUT2D eigenvalue weighted by atomic mass is 10.2. The molecule has 0 spiro atoms. The summed E-state index contributed by atoms with van der Waals surface area (Å²) in [5.41, 5.74) is 1.27. The SMILES string of the molecule is C[C@H](C(=O)NCc1cccs1)N1CCN(c2ccccc2)CC1. The Balaban J connectivity index is 1.47. The molecule has 0 radical (unpaired) electrons. The minimum atomic E-state index is -0.0760. The molecular formula is C18H23N3OS. The van der Waals surface area contributed by atoms with Crippen LogP contribution in [0.25, 0.3) is 0 Å². The summed E-state index contributed by atoms with van der Waals surface area (Å²) in [5, 5.41) is 5.08. The number of nitrogens with zero attached hydrogens (tertiary/aromatic N) is 2. The van der Waals surface area contributed by atoms with Crippen LogP contribution in [0.15, 0.2) is 47.8 Å². The van der Waals surface area contributed by atoms with Crippen molar-refractivity contribution >= 4 is 22.9 Å². The smallest absolute Gasteiger partial charge is 0.237 e. The van der Waals surface area contributed by atoms with Gasteiger partial charge in [0, 0.05) is 36.7 Å². The minimum Gasteiger partial charge on any atom is -0.369 e. The van der Waals surface area contributed by atoms with Crippen molar-refractivity contribution in [2.24, 2.45) is 0 Å². The van der Waals surface area contributed by atoms with Crippen molar-refractivity contribution in [3.8, 4) is 0 Å². The normalized spacial score (nSPS) is 17.0. The summed E-state index contributed by atoms with van der Waals surface area (Å²) < 4.78 is 0. The average Bonchev–Trinajstić information content (AvgIpc) is 3.13. The number of rotatable bonds is 5. The molecule has 0 saturated carbocycles. The second-order valence-electron chi connectivity index (χ2n) is 5.83. The predicted molar refractivity (Wildman–Crippen MR) is 95.9 cm³/mol. The molecular weight excluding hydrogens is 306 g/mol. The lowest BCUT2D eigenvalue weighted by molar-refractivity contribution is -0.126. The lowest BCUT2D eigenvalue weighted by Gasteiger charge is -2.38. The number of hydrogen-bond acceptors (Lipinski definition) is 4. The van der Waals surface area contributed by atoms with E-state index in [9.17, 15) is 4.79 Å². The second kappa shape index (κ2) is 7.62. The third kappa shape index (κ3) is 4.12. The summed E-state index contributed by atoms with van der Waals surface area (Å²) in [4.78, 5) is 18.2. The summed E-state index contributed by atoms with van der Waals surface area (Å²) in [6, 6.07) is 14.5. The first-order chi connectivity index (χ1) is 11.2. The van der Waals surface area contributed by atoms with Crippen molar-refractivity contribution in [2.75, 3.05) is 31.1 Å². The van der Waals surface area contributed by atoms with Crippen LogP contribution >= 0.6 is 11.3 Å². The Morgan fingerprint density at radius 1 is 1.13 bits per heavy atom. The van der Waals surface area contributed by atoms with Gasteiger partial charge in [-0.05, 0) is 30.5 Å². The molecule has 1 aliphatic heterocycles.